The number of hydrogen-bond donors (Lipinski definition) is 2. The lowest BCUT2D eigenvalue weighted by molar-refractivity contribution is -0.114. The molecule has 0 heterocycles. The van der Waals surface area contributed by atoms with Gasteiger partial charge in [-0.15, -0.1) is 0 Å². The van der Waals surface area contributed by atoms with E-state index in [1.54, 1.807) is 12.1 Å². The van der Waals surface area contributed by atoms with Crippen LogP contribution in [0.3, 0.4) is 0 Å². The van der Waals surface area contributed by atoms with Crippen LogP contribution in [-0.4, -0.2) is 11.7 Å². The van der Waals surface area contributed by atoms with Crippen molar-refractivity contribution < 1.29 is 9.59 Å². The second-order valence-electron chi connectivity index (χ2n) is 6.51. The summed E-state index contributed by atoms with van der Waals surface area (Å²) in [5.41, 5.74) is 4.56. The van der Waals surface area contributed by atoms with Crippen molar-refractivity contribution in [2.24, 2.45) is 0 Å². The maximum Gasteiger partial charge on any atom is 0.221 e. The first-order valence-electron chi connectivity index (χ1n) is 9.04. The lowest BCUT2D eigenvalue weighted by Crippen LogP contribution is -2.10. The Morgan fingerprint density at radius 3 is 2.00 bits per heavy atom. The average Bonchev–Trinajstić information content (AvgIpc) is 2.69. The maximum absolute atomic E-state index is 12.8. The van der Waals surface area contributed by atoms with Crippen molar-refractivity contribution in [2.45, 2.75) is 13.8 Å². The summed E-state index contributed by atoms with van der Waals surface area (Å²) in [5, 5.41) is 6.12. The van der Waals surface area contributed by atoms with E-state index in [0.29, 0.717) is 22.6 Å². The number of carbonyl (C=O) groups excluding carboxylic acids is 2. The molecule has 0 saturated heterocycles. The second kappa shape index (κ2) is 8.82. The van der Waals surface area contributed by atoms with Crippen LogP contribution in [0.4, 0.5) is 11.4 Å². The molecule has 0 atom stereocenters. The average molecular weight is 370 g/mol. The molecule has 0 aliphatic heterocycles. The summed E-state index contributed by atoms with van der Waals surface area (Å²) in [5.74, 6) is -0.248. The van der Waals surface area contributed by atoms with Crippen molar-refractivity contribution in [3.05, 3.63) is 102 Å². The molecule has 0 aliphatic rings. The molecule has 0 aliphatic carbocycles. The highest BCUT2D eigenvalue weighted by molar-refractivity contribution is 6.10. The molecule has 140 valence electrons. The van der Waals surface area contributed by atoms with E-state index < -0.39 is 0 Å². The predicted octanol–water partition coefficient (Wildman–Crippen LogP) is 5.29. The van der Waals surface area contributed by atoms with Crippen molar-refractivity contribution in [2.75, 3.05) is 10.6 Å². The summed E-state index contributed by atoms with van der Waals surface area (Å²) in [6, 6.07) is 24.5. The van der Waals surface area contributed by atoms with Gasteiger partial charge < -0.3 is 10.6 Å². The Morgan fingerprint density at radius 1 is 0.750 bits per heavy atom. The highest BCUT2D eigenvalue weighted by Crippen LogP contribution is 2.26. The van der Waals surface area contributed by atoms with Crippen LogP contribution in [0.15, 0.2) is 84.9 Å². The van der Waals surface area contributed by atoms with Gasteiger partial charge in [0.25, 0.3) is 0 Å². The van der Waals surface area contributed by atoms with Crippen LogP contribution in [-0.2, 0) is 4.79 Å². The van der Waals surface area contributed by atoms with Gasteiger partial charge in [-0.25, -0.2) is 0 Å². The molecule has 28 heavy (non-hydrogen) atoms. The van der Waals surface area contributed by atoms with Gasteiger partial charge in [-0.1, -0.05) is 66.2 Å². The zero-order valence-corrected chi connectivity index (χ0v) is 15.9. The van der Waals surface area contributed by atoms with Gasteiger partial charge in [-0.05, 0) is 30.7 Å². The fourth-order valence-electron chi connectivity index (χ4n) is 2.86. The first-order valence-corrected chi connectivity index (χ1v) is 9.04. The molecule has 3 rings (SSSR count). The Labute approximate surface area is 164 Å². The van der Waals surface area contributed by atoms with Gasteiger partial charge >= 0.3 is 0 Å². The zero-order chi connectivity index (χ0) is 19.9. The van der Waals surface area contributed by atoms with Gasteiger partial charge in [0.15, 0.2) is 5.78 Å². The van der Waals surface area contributed by atoms with Crippen LogP contribution in [0, 0.1) is 6.92 Å². The van der Waals surface area contributed by atoms with E-state index in [9.17, 15) is 9.59 Å². The van der Waals surface area contributed by atoms with Crippen LogP contribution in [0.5, 0.6) is 0 Å². The Hall–Kier alpha value is -3.66. The molecule has 0 aromatic heterocycles. The van der Waals surface area contributed by atoms with Gasteiger partial charge in [0.05, 0.1) is 11.4 Å². The standard InChI is InChI=1S/C24H22N2O2/c1-17-9-8-12-20(15-17)24(28)16-23(19-10-4-3-5-11-19)26-22-14-7-6-13-21(22)25-18(2)27/h3-16,26H,1-2H3,(H,25,27)/b23-16-. The number of benzene rings is 3. The van der Waals surface area contributed by atoms with E-state index in [4.69, 9.17) is 0 Å². The monoisotopic (exact) mass is 370 g/mol. The molecule has 3 aromatic rings. The molecule has 4 heteroatoms. The van der Waals surface area contributed by atoms with Crippen LogP contribution in [0.25, 0.3) is 5.70 Å². The van der Waals surface area contributed by atoms with E-state index in [0.717, 1.165) is 11.1 Å². The molecule has 0 fully saturated rings. The van der Waals surface area contributed by atoms with Crippen molar-refractivity contribution in [1.29, 1.82) is 0 Å². The highest BCUT2D eigenvalue weighted by atomic mass is 16.1. The number of hydrogen-bond acceptors (Lipinski definition) is 3. The minimum atomic E-state index is -0.157. The van der Waals surface area contributed by atoms with Crippen molar-refractivity contribution in [1.82, 2.24) is 0 Å². The maximum atomic E-state index is 12.8. The summed E-state index contributed by atoms with van der Waals surface area (Å²) >= 11 is 0. The summed E-state index contributed by atoms with van der Waals surface area (Å²) in [6.07, 6.45) is 1.59. The molecule has 1 amide bonds. The number of amides is 1. The molecule has 0 unspecified atom stereocenters. The molecule has 0 radical (unpaired) electrons. The van der Waals surface area contributed by atoms with Crippen LogP contribution in [0.1, 0.15) is 28.4 Å². The van der Waals surface area contributed by atoms with Crippen molar-refractivity contribution in [3.8, 4) is 0 Å². The van der Waals surface area contributed by atoms with Gasteiger partial charge in [-0.2, -0.15) is 0 Å². The summed E-state index contributed by atoms with van der Waals surface area (Å²) in [4.78, 5) is 24.4. The number of anilines is 2. The van der Waals surface area contributed by atoms with E-state index in [2.05, 4.69) is 10.6 Å². The molecule has 0 spiro atoms. The third-order valence-corrected chi connectivity index (χ3v) is 4.17. The molecular formula is C24H22N2O2. The minimum absolute atomic E-state index is 0.0907. The minimum Gasteiger partial charge on any atom is -0.353 e. The fourth-order valence-corrected chi connectivity index (χ4v) is 2.86. The molecule has 0 saturated carbocycles. The highest BCUT2D eigenvalue weighted by Gasteiger charge is 2.10. The third kappa shape index (κ3) is 4.95. The number of carbonyl (C=O) groups is 2. The van der Waals surface area contributed by atoms with Crippen LogP contribution >= 0.6 is 0 Å². The quantitative estimate of drug-likeness (QED) is 0.458. The topological polar surface area (TPSA) is 58.2 Å². The van der Waals surface area contributed by atoms with Crippen molar-refractivity contribution >= 4 is 28.8 Å². The van der Waals surface area contributed by atoms with Gasteiger partial charge in [0.1, 0.15) is 0 Å². The number of ketones is 1. The lowest BCUT2D eigenvalue weighted by Gasteiger charge is -2.15. The number of aryl methyl sites for hydroxylation is 1. The van der Waals surface area contributed by atoms with E-state index in [1.165, 1.54) is 6.92 Å². The van der Waals surface area contributed by atoms with Crippen LogP contribution in [0.2, 0.25) is 0 Å². The van der Waals surface area contributed by atoms with Gasteiger partial charge in [-0.3, -0.25) is 9.59 Å². The summed E-state index contributed by atoms with van der Waals surface area (Å²) in [6.45, 7) is 3.42. The number of nitrogens with one attached hydrogen (secondary N) is 2. The molecular weight excluding hydrogens is 348 g/mol. The largest absolute Gasteiger partial charge is 0.353 e. The van der Waals surface area contributed by atoms with Crippen LogP contribution < -0.4 is 10.6 Å². The Morgan fingerprint density at radius 2 is 1.36 bits per heavy atom. The molecule has 3 aromatic carbocycles. The van der Waals surface area contributed by atoms with Gasteiger partial charge in [0, 0.05) is 24.3 Å². The number of para-hydroxylation sites is 2. The number of allylic oxidation sites excluding steroid dienone is 1. The van der Waals surface area contributed by atoms with Gasteiger partial charge in [0.2, 0.25) is 5.91 Å². The SMILES string of the molecule is CC(=O)Nc1ccccc1N/C(=C\C(=O)c1cccc(C)c1)c1ccccc1. The van der Waals surface area contributed by atoms with E-state index in [-0.39, 0.29) is 11.7 Å². The lowest BCUT2D eigenvalue weighted by atomic mass is 10.0. The molecule has 0 bridgehead atoms. The predicted molar refractivity (Wildman–Crippen MR) is 114 cm³/mol. The molecule has 4 nitrogen and oxygen atoms in total. The smallest absolute Gasteiger partial charge is 0.221 e. The number of rotatable bonds is 6. The normalized spacial score (nSPS) is 11.0. The first kappa shape index (κ1) is 19.1. The zero-order valence-electron chi connectivity index (χ0n) is 15.9. The van der Waals surface area contributed by atoms with Crippen molar-refractivity contribution in [3.63, 3.8) is 0 Å². The molecule has 2 N–H and O–H groups in total. The second-order valence-corrected chi connectivity index (χ2v) is 6.51. The fraction of sp³-hybridized carbons (Fsp3) is 0.0833. The summed E-state index contributed by atoms with van der Waals surface area (Å²) < 4.78 is 0. The Balaban J connectivity index is 2.00. The Kier molecular flexibility index (Phi) is 6.02. The third-order valence-electron chi connectivity index (χ3n) is 4.17. The summed E-state index contributed by atoms with van der Waals surface area (Å²) in [7, 11) is 0. The first-order chi connectivity index (χ1) is 13.5. The van der Waals surface area contributed by atoms with E-state index in [1.807, 2.05) is 79.7 Å². The van der Waals surface area contributed by atoms with E-state index >= 15 is 0 Å². The Bertz CT molecular complexity index is 1020.